The average Bonchev–Trinajstić information content (AvgIpc) is 2.91. The number of aryl methyl sites for hydroxylation is 1. The molecule has 1 aliphatic carbocycles. The summed E-state index contributed by atoms with van der Waals surface area (Å²) < 4.78 is 5.41. The lowest BCUT2D eigenvalue weighted by Gasteiger charge is -2.27. The van der Waals surface area contributed by atoms with E-state index in [9.17, 15) is 0 Å². The van der Waals surface area contributed by atoms with Gasteiger partial charge >= 0.3 is 0 Å². The Morgan fingerprint density at radius 2 is 2.13 bits per heavy atom. The Bertz CT molecular complexity index is 689. The molecule has 0 bridgehead atoms. The second kappa shape index (κ2) is 7.27. The summed E-state index contributed by atoms with van der Waals surface area (Å²) in [6, 6.07) is 2.45. The Labute approximate surface area is 141 Å². The molecule has 0 atom stereocenters. The number of hydrazone groups is 1. The van der Waals surface area contributed by atoms with Crippen molar-refractivity contribution in [3.8, 4) is 0 Å². The van der Waals surface area contributed by atoms with Crippen molar-refractivity contribution in [2.45, 2.75) is 44.8 Å². The van der Waals surface area contributed by atoms with Gasteiger partial charge in [-0.1, -0.05) is 0 Å². The second-order valence-electron chi connectivity index (χ2n) is 5.96. The maximum absolute atomic E-state index is 5.41. The molecule has 0 saturated heterocycles. The van der Waals surface area contributed by atoms with Gasteiger partial charge in [-0.05, 0) is 38.7 Å². The average molecular weight is 332 g/mol. The van der Waals surface area contributed by atoms with Crippen LogP contribution >= 0.6 is 11.3 Å². The number of pyridine rings is 1. The van der Waals surface area contributed by atoms with Crippen LogP contribution < -0.4 is 10.7 Å². The van der Waals surface area contributed by atoms with Crippen molar-refractivity contribution in [3.05, 3.63) is 22.7 Å². The third kappa shape index (κ3) is 3.48. The van der Waals surface area contributed by atoms with Gasteiger partial charge in [0.2, 0.25) is 0 Å². The van der Waals surface area contributed by atoms with Gasteiger partial charge in [0.05, 0.1) is 12.3 Å². The van der Waals surface area contributed by atoms with Gasteiger partial charge in [0, 0.05) is 47.9 Å². The molecule has 0 spiro atoms. The minimum absolute atomic E-state index is 0.421. The van der Waals surface area contributed by atoms with E-state index in [1.54, 1.807) is 18.4 Å². The first kappa shape index (κ1) is 16.2. The van der Waals surface area contributed by atoms with E-state index in [1.807, 2.05) is 25.5 Å². The van der Waals surface area contributed by atoms with Gasteiger partial charge in [0.15, 0.2) is 0 Å². The highest BCUT2D eigenvalue weighted by Gasteiger charge is 2.20. The maximum atomic E-state index is 5.41. The number of nitrogens with zero attached hydrogens (tertiary/aromatic N) is 2. The summed E-state index contributed by atoms with van der Waals surface area (Å²) in [5, 5.41) is 8.91. The number of methoxy groups -OCH3 is 1. The van der Waals surface area contributed by atoms with Crippen LogP contribution in [0.3, 0.4) is 0 Å². The summed E-state index contributed by atoms with van der Waals surface area (Å²) in [4.78, 5) is 6.76. The van der Waals surface area contributed by atoms with E-state index < -0.39 is 0 Å². The van der Waals surface area contributed by atoms with E-state index in [-0.39, 0.29) is 0 Å². The van der Waals surface area contributed by atoms with E-state index in [0.717, 1.165) is 47.2 Å². The van der Waals surface area contributed by atoms with Crippen molar-refractivity contribution in [3.63, 3.8) is 0 Å². The molecule has 0 aromatic carbocycles. The molecule has 0 radical (unpaired) electrons. The molecule has 6 heteroatoms. The van der Waals surface area contributed by atoms with Gasteiger partial charge in [-0.2, -0.15) is 5.10 Å². The molecule has 0 amide bonds. The van der Waals surface area contributed by atoms with Gasteiger partial charge in [-0.3, -0.25) is 0 Å². The molecule has 3 rings (SSSR count). The molecule has 5 nitrogen and oxygen atoms in total. The largest absolute Gasteiger partial charge is 0.387 e. The molecule has 23 heavy (non-hydrogen) atoms. The second-order valence-corrected chi connectivity index (χ2v) is 7.16. The number of thiophene rings is 1. The highest BCUT2D eigenvalue weighted by Crippen LogP contribution is 2.33. The van der Waals surface area contributed by atoms with Crippen molar-refractivity contribution < 1.29 is 4.74 Å². The standard InChI is InChI=1S/C17H24N4OS/c1-11-14(16-15(18-2)8-9-19-17(16)23-11)10-20-21-12-4-6-13(22-3)7-5-12/h8-10,12-13,21H,4-7H2,1-3H3,(H,18,19)/b20-10-. The number of anilines is 1. The third-order valence-electron chi connectivity index (χ3n) is 4.54. The molecule has 1 aliphatic rings. The minimum Gasteiger partial charge on any atom is -0.387 e. The van der Waals surface area contributed by atoms with E-state index in [4.69, 9.17) is 4.74 Å². The van der Waals surface area contributed by atoms with Crippen molar-refractivity contribution in [1.29, 1.82) is 0 Å². The first-order chi connectivity index (χ1) is 11.2. The Hall–Kier alpha value is -1.66. The third-order valence-corrected chi connectivity index (χ3v) is 5.57. The highest BCUT2D eigenvalue weighted by atomic mass is 32.1. The molecular weight excluding hydrogens is 308 g/mol. The van der Waals surface area contributed by atoms with Crippen LogP contribution in [0.2, 0.25) is 0 Å². The quantitative estimate of drug-likeness (QED) is 0.650. The lowest BCUT2D eigenvalue weighted by molar-refractivity contribution is 0.0627. The molecule has 124 valence electrons. The van der Waals surface area contributed by atoms with Crippen LogP contribution in [0, 0.1) is 6.92 Å². The fraction of sp³-hybridized carbons (Fsp3) is 0.529. The van der Waals surface area contributed by atoms with Crippen molar-refractivity contribution in [2.75, 3.05) is 19.5 Å². The van der Waals surface area contributed by atoms with E-state index in [2.05, 4.69) is 27.8 Å². The van der Waals surface area contributed by atoms with Gasteiger partial charge in [-0.25, -0.2) is 4.98 Å². The monoisotopic (exact) mass is 332 g/mol. The zero-order valence-corrected chi connectivity index (χ0v) is 14.7. The van der Waals surface area contributed by atoms with Crippen LogP contribution in [0.25, 0.3) is 10.2 Å². The van der Waals surface area contributed by atoms with E-state index in [1.165, 1.54) is 4.88 Å². The van der Waals surface area contributed by atoms with Gasteiger partial charge in [-0.15, -0.1) is 11.3 Å². The lowest BCUT2D eigenvalue weighted by atomic mass is 9.93. The first-order valence-corrected chi connectivity index (χ1v) is 8.91. The highest BCUT2D eigenvalue weighted by molar-refractivity contribution is 7.19. The topological polar surface area (TPSA) is 58.5 Å². The van der Waals surface area contributed by atoms with Gasteiger partial charge < -0.3 is 15.5 Å². The van der Waals surface area contributed by atoms with Crippen LogP contribution in [0.1, 0.15) is 36.1 Å². The summed E-state index contributed by atoms with van der Waals surface area (Å²) in [5.41, 5.74) is 5.56. The molecule has 0 aliphatic heterocycles. The fourth-order valence-electron chi connectivity index (χ4n) is 3.15. The van der Waals surface area contributed by atoms with Crippen LogP contribution in [0.4, 0.5) is 5.69 Å². The first-order valence-electron chi connectivity index (χ1n) is 8.10. The minimum atomic E-state index is 0.421. The number of hydrogen-bond acceptors (Lipinski definition) is 6. The molecule has 2 aromatic heterocycles. The van der Waals surface area contributed by atoms with Gasteiger partial charge in [0.1, 0.15) is 4.83 Å². The SMILES string of the molecule is CNc1ccnc2sc(C)c(/C=N\NC3CCC(OC)CC3)c12. The number of nitrogens with one attached hydrogen (secondary N) is 2. The lowest BCUT2D eigenvalue weighted by Crippen LogP contribution is -2.32. The molecule has 1 saturated carbocycles. The molecule has 2 aromatic rings. The zero-order valence-electron chi connectivity index (χ0n) is 13.9. The Morgan fingerprint density at radius 3 is 2.83 bits per heavy atom. The fourth-order valence-corrected chi connectivity index (χ4v) is 4.15. The number of fused-ring (bicyclic) bond motifs is 1. The van der Waals surface area contributed by atoms with Crippen LogP contribution in [0.15, 0.2) is 17.4 Å². The Balaban J connectivity index is 1.73. The van der Waals surface area contributed by atoms with Crippen molar-refractivity contribution >= 4 is 33.5 Å². The number of aromatic nitrogens is 1. The molecule has 2 N–H and O–H groups in total. The van der Waals surface area contributed by atoms with E-state index in [0.29, 0.717) is 12.1 Å². The van der Waals surface area contributed by atoms with Gasteiger partial charge in [0.25, 0.3) is 0 Å². The molecule has 1 fully saturated rings. The predicted octanol–water partition coefficient (Wildman–Crippen LogP) is 3.53. The maximum Gasteiger partial charge on any atom is 0.126 e. The van der Waals surface area contributed by atoms with E-state index >= 15 is 0 Å². The predicted molar refractivity (Wildman–Crippen MR) is 97.7 cm³/mol. The molecule has 2 heterocycles. The smallest absolute Gasteiger partial charge is 0.126 e. The summed E-state index contributed by atoms with van der Waals surface area (Å²) >= 11 is 1.71. The number of rotatable bonds is 5. The molecular formula is C17H24N4OS. The van der Waals surface area contributed by atoms with Crippen LogP contribution in [-0.2, 0) is 4.74 Å². The zero-order chi connectivity index (χ0) is 16.2. The Morgan fingerprint density at radius 1 is 1.35 bits per heavy atom. The summed E-state index contributed by atoms with van der Waals surface area (Å²) in [5.74, 6) is 0. The van der Waals surface area contributed by atoms with Crippen LogP contribution in [0.5, 0.6) is 0 Å². The Kier molecular flexibility index (Phi) is 5.13. The number of hydrogen-bond donors (Lipinski definition) is 2. The van der Waals surface area contributed by atoms with Crippen LogP contribution in [-0.4, -0.2) is 37.5 Å². The summed E-state index contributed by atoms with van der Waals surface area (Å²) in [6.07, 6.45) is 8.65. The molecule has 0 unspecified atom stereocenters. The van der Waals surface area contributed by atoms with Crippen molar-refractivity contribution in [2.24, 2.45) is 5.10 Å². The normalized spacial score (nSPS) is 21.9. The summed E-state index contributed by atoms with van der Waals surface area (Å²) in [7, 11) is 3.74. The van der Waals surface area contributed by atoms with Crippen molar-refractivity contribution in [1.82, 2.24) is 10.4 Å². The summed E-state index contributed by atoms with van der Waals surface area (Å²) in [6.45, 7) is 2.12. The number of ether oxygens (including phenoxy) is 1.